The second kappa shape index (κ2) is 5.58. The number of rotatable bonds is 1. The SMILES string of the molecule is COC(=O)N1CCN(C(=O)c2ccc(Cl)s2)CC1. The highest BCUT2D eigenvalue weighted by Gasteiger charge is 2.25. The van der Waals surface area contributed by atoms with Gasteiger partial charge in [-0.15, -0.1) is 11.3 Å². The second-order valence-electron chi connectivity index (χ2n) is 3.85. The molecule has 0 unspecified atom stereocenters. The molecular weight excluding hydrogens is 276 g/mol. The summed E-state index contributed by atoms with van der Waals surface area (Å²) in [4.78, 5) is 27.3. The van der Waals surface area contributed by atoms with Gasteiger partial charge in [-0.25, -0.2) is 4.79 Å². The van der Waals surface area contributed by atoms with E-state index in [1.807, 2.05) is 0 Å². The van der Waals surface area contributed by atoms with Gasteiger partial charge in [-0.05, 0) is 12.1 Å². The fourth-order valence-electron chi connectivity index (χ4n) is 1.81. The van der Waals surface area contributed by atoms with Gasteiger partial charge in [0.25, 0.3) is 5.91 Å². The molecule has 0 aromatic carbocycles. The number of carbonyl (C=O) groups excluding carboxylic acids is 2. The van der Waals surface area contributed by atoms with E-state index in [1.54, 1.807) is 21.9 Å². The molecule has 0 spiro atoms. The van der Waals surface area contributed by atoms with Crippen LogP contribution in [-0.2, 0) is 4.74 Å². The van der Waals surface area contributed by atoms with Crippen molar-refractivity contribution in [3.63, 3.8) is 0 Å². The zero-order valence-electron chi connectivity index (χ0n) is 9.89. The number of amides is 2. The Bertz CT molecular complexity index is 455. The Kier molecular flexibility index (Phi) is 4.08. The minimum absolute atomic E-state index is 0.0311. The van der Waals surface area contributed by atoms with Crippen LogP contribution in [-0.4, -0.2) is 55.1 Å². The van der Waals surface area contributed by atoms with Crippen LogP contribution >= 0.6 is 22.9 Å². The van der Waals surface area contributed by atoms with Crippen LogP contribution in [0.1, 0.15) is 9.67 Å². The number of hydrogen-bond donors (Lipinski definition) is 0. The van der Waals surface area contributed by atoms with Crippen LogP contribution in [0.5, 0.6) is 0 Å². The predicted octanol–water partition coefficient (Wildman–Crippen LogP) is 1.93. The van der Waals surface area contributed by atoms with Crippen molar-refractivity contribution < 1.29 is 14.3 Å². The largest absolute Gasteiger partial charge is 0.453 e. The summed E-state index contributed by atoms with van der Waals surface area (Å²) in [5.41, 5.74) is 0. The maximum atomic E-state index is 12.1. The number of nitrogens with zero attached hydrogens (tertiary/aromatic N) is 2. The molecule has 1 fully saturated rings. The highest BCUT2D eigenvalue weighted by Crippen LogP contribution is 2.23. The summed E-state index contributed by atoms with van der Waals surface area (Å²) in [6.45, 7) is 2.03. The molecule has 2 heterocycles. The Morgan fingerprint density at radius 3 is 2.33 bits per heavy atom. The van der Waals surface area contributed by atoms with E-state index in [4.69, 9.17) is 11.6 Å². The lowest BCUT2D eigenvalue weighted by Crippen LogP contribution is -2.50. The molecule has 2 amide bonds. The summed E-state index contributed by atoms with van der Waals surface area (Å²) in [6.07, 6.45) is -0.346. The molecular formula is C11H13ClN2O3S. The fourth-order valence-corrected chi connectivity index (χ4v) is 2.82. The Hall–Kier alpha value is -1.27. The summed E-state index contributed by atoms with van der Waals surface area (Å²) in [7, 11) is 1.35. The molecule has 0 bridgehead atoms. The summed E-state index contributed by atoms with van der Waals surface area (Å²) in [6, 6.07) is 3.44. The first kappa shape index (κ1) is 13.2. The standard InChI is InChI=1S/C11H13ClN2O3S/c1-17-11(16)14-6-4-13(5-7-14)10(15)8-2-3-9(12)18-8/h2-3H,4-7H2,1H3. The lowest BCUT2D eigenvalue weighted by atomic mass is 10.3. The molecule has 5 nitrogen and oxygen atoms in total. The molecule has 1 aromatic rings. The average molecular weight is 289 g/mol. The van der Waals surface area contributed by atoms with Crippen LogP contribution in [0.15, 0.2) is 12.1 Å². The summed E-state index contributed by atoms with van der Waals surface area (Å²) in [5.74, 6) is -0.0311. The van der Waals surface area contributed by atoms with E-state index >= 15 is 0 Å². The monoisotopic (exact) mass is 288 g/mol. The van der Waals surface area contributed by atoms with E-state index < -0.39 is 0 Å². The van der Waals surface area contributed by atoms with Crippen molar-refractivity contribution in [2.45, 2.75) is 0 Å². The van der Waals surface area contributed by atoms with Crippen molar-refractivity contribution in [2.75, 3.05) is 33.3 Å². The lowest BCUT2D eigenvalue weighted by Gasteiger charge is -2.33. The molecule has 7 heteroatoms. The summed E-state index contributed by atoms with van der Waals surface area (Å²) >= 11 is 7.08. The quantitative estimate of drug-likeness (QED) is 0.793. The molecule has 1 saturated heterocycles. The Morgan fingerprint density at radius 1 is 1.22 bits per heavy atom. The number of methoxy groups -OCH3 is 1. The van der Waals surface area contributed by atoms with Gasteiger partial charge in [0, 0.05) is 26.2 Å². The third-order valence-corrected chi connectivity index (χ3v) is 4.00. The minimum atomic E-state index is -0.346. The molecule has 1 aliphatic heterocycles. The van der Waals surface area contributed by atoms with Gasteiger partial charge in [0.2, 0.25) is 0 Å². The van der Waals surface area contributed by atoms with Gasteiger partial charge in [0.1, 0.15) is 0 Å². The minimum Gasteiger partial charge on any atom is -0.453 e. The summed E-state index contributed by atoms with van der Waals surface area (Å²) in [5, 5.41) is 0. The Labute approximate surface area is 114 Å². The van der Waals surface area contributed by atoms with E-state index in [-0.39, 0.29) is 12.0 Å². The van der Waals surface area contributed by atoms with Crippen LogP contribution in [0.2, 0.25) is 4.34 Å². The molecule has 1 aliphatic rings. The zero-order valence-corrected chi connectivity index (χ0v) is 11.5. The van der Waals surface area contributed by atoms with Gasteiger partial charge in [-0.2, -0.15) is 0 Å². The first-order chi connectivity index (χ1) is 8.61. The number of thiophene rings is 1. The molecule has 18 heavy (non-hydrogen) atoms. The van der Waals surface area contributed by atoms with Crippen molar-refractivity contribution in [3.05, 3.63) is 21.3 Å². The van der Waals surface area contributed by atoms with Crippen molar-refractivity contribution in [1.29, 1.82) is 0 Å². The van der Waals surface area contributed by atoms with Crippen LogP contribution in [0, 0.1) is 0 Å². The predicted molar refractivity (Wildman–Crippen MR) is 69.2 cm³/mol. The number of halogens is 1. The first-order valence-electron chi connectivity index (χ1n) is 5.49. The van der Waals surface area contributed by atoms with E-state index in [0.29, 0.717) is 35.4 Å². The number of piperazine rings is 1. The van der Waals surface area contributed by atoms with Crippen molar-refractivity contribution in [1.82, 2.24) is 9.80 Å². The van der Waals surface area contributed by atoms with Gasteiger partial charge < -0.3 is 14.5 Å². The zero-order chi connectivity index (χ0) is 13.1. The topological polar surface area (TPSA) is 49.9 Å². The smallest absolute Gasteiger partial charge is 0.409 e. The highest BCUT2D eigenvalue weighted by atomic mass is 35.5. The Balaban J connectivity index is 1.94. The fraction of sp³-hybridized carbons (Fsp3) is 0.455. The van der Waals surface area contributed by atoms with Gasteiger partial charge in [0.05, 0.1) is 16.3 Å². The third-order valence-electron chi connectivity index (χ3n) is 2.78. The Morgan fingerprint density at radius 2 is 1.83 bits per heavy atom. The van der Waals surface area contributed by atoms with Gasteiger partial charge in [0.15, 0.2) is 0 Å². The molecule has 0 saturated carbocycles. The van der Waals surface area contributed by atoms with E-state index in [0.717, 1.165) is 0 Å². The molecule has 2 rings (SSSR count). The normalized spacial score (nSPS) is 15.7. The van der Waals surface area contributed by atoms with Crippen molar-refractivity contribution in [2.24, 2.45) is 0 Å². The van der Waals surface area contributed by atoms with Crippen molar-refractivity contribution in [3.8, 4) is 0 Å². The van der Waals surface area contributed by atoms with E-state index in [1.165, 1.54) is 18.4 Å². The van der Waals surface area contributed by atoms with Crippen LogP contribution < -0.4 is 0 Å². The maximum absolute atomic E-state index is 12.1. The first-order valence-corrected chi connectivity index (χ1v) is 6.69. The van der Waals surface area contributed by atoms with Crippen LogP contribution in [0.4, 0.5) is 4.79 Å². The molecule has 0 aliphatic carbocycles. The number of ether oxygens (including phenoxy) is 1. The molecule has 0 radical (unpaired) electrons. The third kappa shape index (κ3) is 2.76. The number of hydrogen-bond acceptors (Lipinski definition) is 4. The lowest BCUT2D eigenvalue weighted by molar-refractivity contribution is 0.0604. The molecule has 98 valence electrons. The molecule has 1 aromatic heterocycles. The molecule has 0 atom stereocenters. The average Bonchev–Trinajstić information content (AvgIpc) is 2.84. The van der Waals surface area contributed by atoms with Gasteiger partial charge >= 0.3 is 6.09 Å². The molecule has 0 N–H and O–H groups in total. The van der Waals surface area contributed by atoms with E-state index in [9.17, 15) is 9.59 Å². The highest BCUT2D eigenvalue weighted by molar-refractivity contribution is 7.17. The van der Waals surface area contributed by atoms with Crippen LogP contribution in [0.3, 0.4) is 0 Å². The van der Waals surface area contributed by atoms with Gasteiger partial charge in [-0.1, -0.05) is 11.6 Å². The van der Waals surface area contributed by atoms with Gasteiger partial charge in [-0.3, -0.25) is 4.79 Å². The van der Waals surface area contributed by atoms with Crippen molar-refractivity contribution >= 4 is 34.9 Å². The van der Waals surface area contributed by atoms with E-state index in [2.05, 4.69) is 4.74 Å². The summed E-state index contributed by atoms with van der Waals surface area (Å²) < 4.78 is 5.24. The number of carbonyl (C=O) groups is 2. The maximum Gasteiger partial charge on any atom is 0.409 e. The van der Waals surface area contributed by atoms with Crippen LogP contribution in [0.25, 0.3) is 0 Å². The second-order valence-corrected chi connectivity index (χ2v) is 5.57.